The molecule has 70 valence electrons. The predicted molar refractivity (Wildman–Crippen MR) is 41.0 cm³/mol. The summed E-state index contributed by atoms with van der Waals surface area (Å²) >= 11 is 0. The quantitative estimate of drug-likeness (QED) is 0.412. The molecule has 1 heterocycles. The summed E-state index contributed by atoms with van der Waals surface area (Å²) in [6.07, 6.45) is -2.46. The Kier molecular flexibility index (Phi) is 2.50. The van der Waals surface area contributed by atoms with Crippen LogP contribution in [0.3, 0.4) is 0 Å². The van der Waals surface area contributed by atoms with Crippen molar-refractivity contribution >= 4 is 6.21 Å². The molecule has 0 unspecified atom stereocenters. The molecule has 1 aromatic rings. The number of hydrogen-bond acceptors (Lipinski definition) is 3. The number of alkyl halides is 3. The van der Waals surface area contributed by atoms with E-state index in [1.807, 2.05) is 0 Å². The maximum absolute atomic E-state index is 12.0. The van der Waals surface area contributed by atoms with Crippen molar-refractivity contribution in [2.45, 2.75) is 6.18 Å². The Hall–Kier alpha value is -1.59. The maximum atomic E-state index is 12.0. The fourth-order valence-electron chi connectivity index (χ4n) is 0.726. The lowest BCUT2D eigenvalue weighted by Crippen LogP contribution is -2.05. The van der Waals surface area contributed by atoms with E-state index in [0.29, 0.717) is 0 Å². The van der Waals surface area contributed by atoms with E-state index < -0.39 is 11.7 Å². The van der Waals surface area contributed by atoms with Crippen molar-refractivity contribution in [1.29, 1.82) is 0 Å². The van der Waals surface area contributed by atoms with Crippen LogP contribution in [0.2, 0.25) is 0 Å². The molecule has 0 saturated heterocycles. The van der Waals surface area contributed by atoms with Crippen LogP contribution in [0.4, 0.5) is 13.2 Å². The third-order valence-corrected chi connectivity index (χ3v) is 1.32. The average molecular weight is 189 g/mol. The summed E-state index contributed by atoms with van der Waals surface area (Å²) in [7, 11) is 0. The van der Waals surface area contributed by atoms with Crippen molar-refractivity contribution in [2.24, 2.45) is 10.9 Å². The van der Waals surface area contributed by atoms with Crippen LogP contribution in [0.5, 0.6) is 0 Å². The van der Waals surface area contributed by atoms with Gasteiger partial charge in [0.1, 0.15) is 0 Å². The lowest BCUT2D eigenvalue weighted by Gasteiger charge is -2.04. The number of pyridine rings is 1. The molecule has 0 amide bonds. The first-order valence-corrected chi connectivity index (χ1v) is 3.30. The Bertz CT molecular complexity index is 302. The zero-order valence-corrected chi connectivity index (χ0v) is 6.42. The van der Waals surface area contributed by atoms with E-state index in [1.165, 1.54) is 12.3 Å². The Morgan fingerprint density at radius 3 is 2.46 bits per heavy atom. The highest BCUT2D eigenvalue weighted by Gasteiger charge is 2.30. The molecule has 0 bridgehead atoms. The van der Waals surface area contributed by atoms with Gasteiger partial charge in [0.15, 0.2) is 0 Å². The molecule has 1 rings (SSSR count). The summed E-state index contributed by atoms with van der Waals surface area (Å²) in [6.45, 7) is 0. The molecule has 0 aliphatic carbocycles. The largest absolute Gasteiger partial charge is 0.417 e. The van der Waals surface area contributed by atoms with Gasteiger partial charge in [-0.2, -0.15) is 18.3 Å². The van der Waals surface area contributed by atoms with Gasteiger partial charge in [0, 0.05) is 6.20 Å². The first-order chi connectivity index (χ1) is 6.04. The van der Waals surface area contributed by atoms with Crippen LogP contribution >= 0.6 is 0 Å². The van der Waals surface area contributed by atoms with Crippen molar-refractivity contribution in [3.05, 3.63) is 29.6 Å². The number of rotatable bonds is 1. The smallest absolute Gasteiger partial charge is 0.323 e. The minimum atomic E-state index is -4.36. The zero-order valence-electron chi connectivity index (χ0n) is 6.42. The second kappa shape index (κ2) is 3.42. The second-order valence-electron chi connectivity index (χ2n) is 2.25. The van der Waals surface area contributed by atoms with E-state index in [2.05, 4.69) is 10.1 Å². The highest BCUT2D eigenvalue weighted by atomic mass is 19.4. The number of aromatic nitrogens is 1. The molecule has 13 heavy (non-hydrogen) atoms. The molecule has 1 aromatic heterocycles. The van der Waals surface area contributed by atoms with Crippen LogP contribution < -0.4 is 5.84 Å². The predicted octanol–water partition coefficient (Wildman–Crippen LogP) is 1.39. The summed E-state index contributed by atoms with van der Waals surface area (Å²) in [4.78, 5) is 3.49. The van der Waals surface area contributed by atoms with Crippen LogP contribution in [0.25, 0.3) is 0 Å². The van der Waals surface area contributed by atoms with Gasteiger partial charge in [0.25, 0.3) is 0 Å². The second-order valence-corrected chi connectivity index (χ2v) is 2.25. The third kappa shape index (κ3) is 2.43. The van der Waals surface area contributed by atoms with Gasteiger partial charge in [-0.25, -0.2) is 0 Å². The standard InChI is InChI=1S/C7H6F3N3/c8-7(9,10)5-1-2-6(4-13-11)12-3-5/h1-4H,11H2. The molecule has 0 aliphatic heterocycles. The molecule has 0 atom stereocenters. The minimum absolute atomic E-state index is 0.288. The number of hydrogen-bond donors (Lipinski definition) is 1. The van der Waals surface area contributed by atoms with Crippen LogP contribution in [-0.2, 0) is 6.18 Å². The molecule has 3 nitrogen and oxygen atoms in total. The van der Waals surface area contributed by atoms with Gasteiger partial charge in [-0.1, -0.05) is 0 Å². The SMILES string of the molecule is NN=Cc1ccc(C(F)(F)F)cn1. The van der Waals surface area contributed by atoms with E-state index in [0.717, 1.165) is 12.3 Å². The lowest BCUT2D eigenvalue weighted by molar-refractivity contribution is -0.137. The fourth-order valence-corrected chi connectivity index (χ4v) is 0.726. The highest BCUT2D eigenvalue weighted by molar-refractivity contribution is 5.76. The Balaban J connectivity index is 2.94. The minimum Gasteiger partial charge on any atom is -0.323 e. The summed E-state index contributed by atoms with van der Waals surface area (Å²) < 4.78 is 36.0. The monoisotopic (exact) mass is 189 g/mol. The Morgan fingerprint density at radius 1 is 1.38 bits per heavy atom. The van der Waals surface area contributed by atoms with Crippen molar-refractivity contribution in [3.8, 4) is 0 Å². The van der Waals surface area contributed by atoms with Gasteiger partial charge < -0.3 is 5.84 Å². The normalized spacial score (nSPS) is 12.2. The number of halogens is 3. The van der Waals surface area contributed by atoms with Gasteiger partial charge in [-0.3, -0.25) is 4.98 Å². The first-order valence-electron chi connectivity index (χ1n) is 3.30. The summed E-state index contributed by atoms with van der Waals surface area (Å²) in [5.74, 6) is 4.79. The number of nitrogens with zero attached hydrogens (tertiary/aromatic N) is 2. The summed E-state index contributed by atoms with van der Waals surface area (Å²) in [5.41, 5.74) is -0.503. The van der Waals surface area contributed by atoms with Gasteiger partial charge in [0.05, 0.1) is 17.5 Å². The van der Waals surface area contributed by atoms with Crippen molar-refractivity contribution in [3.63, 3.8) is 0 Å². The van der Waals surface area contributed by atoms with E-state index in [9.17, 15) is 13.2 Å². The van der Waals surface area contributed by atoms with Crippen molar-refractivity contribution in [2.75, 3.05) is 0 Å². The van der Waals surface area contributed by atoms with Crippen molar-refractivity contribution in [1.82, 2.24) is 4.98 Å². The van der Waals surface area contributed by atoms with Gasteiger partial charge in [-0.15, -0.1) is 0 Å². The Labute approximate surface area is 72.1 Å². The average Bonchev–Trinajstić information content (AvgIpc) is 2.04. The molecular formula is C7H6F3N3. The van der Waals surface area contributed by atoms with Crippen LogP contribution in [0, 0.1) is 0 Å². The van der Waals surface area contributed by atoms with E-state index >= 15 is 0 Å². The van der Waals surface area contributed by atoms with Gasteiger partial charge >= 0.3 is 6.18 Å². The molecule has 0 aromatic carbocycles. The Morgan fingerprint density at radius 2 is 2.08 bits per heavy atom. The topological polar surface area (TPSA) is 51.3 Å². The van der Waals surface area contributed by atoms with E-state index in [-0.39, 0.29) is 5.69 Å². The first kappa shape index (κ1) is 9.50. The highest BCUT2D eigenvalue weighted by Crippen LogP contribution is 2.28. The molecule has 2 N–H and O–H groups in total. The van der Waals surface area contributed by atoms with Gasteiger partial charge in [0.2, 0.25) is 0 Å². The lowest BCUT2D eigenvalue weighted by atomic mass is 10.2. The van der Waals surface area contributed by atoms with Crippen molar-refractivity contribution < 1.29 is 13.2 Å². The molecule has 0 radical (unpaired) electrons. The molecule has 6 heteroatoms. The number of nitrogens with two attached hydrogens (primary N) is 1. The molecule has 0 aliphatic rings. The molecule has 0 fully saturated rings. The van der Waals surface area contributed by atoms with E-state index in [1.54, 1.807) is 0 Å². The molecule has 0 spiro atoms. The maximum Gasteiger partial charge on any atom is 0.417 e. The number of hydrazone groups is 1. The van der Waals surface area contributed by atoms with Gasteiger partial charge in [-0.05, 0) is 12.1 Å². The third-order valence-electron chi connectivity index (χ3n) is 1.32. The molecule has 0 saturated carbocycles. The summed E-state index contributed by atoms with van der Waals surface area (Å²) in [5, 5.41) is 3.13. The summed E-state index contributed by atoms with van der Waals surface area (Å²) in [6, 6.07) is 2.11. The zero-order chi connectivity index (χ0) is 9.90. The van der Waals surface area contributed by atoms with Crippen LogP contribution in [0.1, 0.15) is 11.3 Å². The van der Waals surface area contributed by atoms with Crippen LogP contribution in [-0.4, -0.2) is 11.2 Å². The van der Waals surface area contributed by atoms with E-state index in [4.69, 9.17) is 5.84 Å². The fraction of sp³-hybridized carbons (Fsp3) is 0.143. The van der Waals surface area contributed by atoms with Crippen LogP contribution in [0.15, 0.2) is 23.4 Å². The molecular weight excluding hydrogens is 183 g/mol.